The van der Waals surface area contributed by atoms with Gasteiger partial charge in [-0.05, 0) is 44.0 Å². The van der Waals surface area contributed by atoms with Gasteiger partial charge in [0.05, 0.1) is 39.0 Å². The first-order valence-corrected chi connectivity index (χ1v) is 17.2. The number of carbonyl (C=O) groups is 1. The smallest absolute Gasteiger partial charge is 0.326 e. The summed E-state index contributed by atoms with van der Waals surface area (Å²) in [6.45, 7) is 7.05. The van der Waals surface area contributed by atoms with Crippen LogP contribution < -0.4 is 14.5 Å². The first-order valence-electron chi connectivity index (χ1n) is 17.2. The number of para-hydroxylation sites is 1. The molecule has 14 heteroatoms. The fourth-order valence-corrected chi connectivity index (χ4v) is 7.43. The van der Waals surface area contributed by atoms with Crippen molar-refractivity contribution >= 4 is 39.5 Å². The lowest BCUT2D eigenvalue weighted by Gasteiger charge is -2.53. The number of benzene rings is 1. The number of aliphatic carboxylic acids is 1. The van der Waals surface area contributed by atoms with Crippen molar-refractivity contribution in [1.29, 1.82) is 0 Å². The molecule has 1 aromatic carbocycles. The molecule has 4 saturated heterocycles. The van der Waals surface area contributed by atoms with Gasteiger partial charge < -0.3 is 38.3 Å². The van der Waals surface area contributed by atoms with Crippen LogP contribution in [-0.4, -0.2) is 99.1 Å². The Morgan fingerprint density at radius 3 is 2.67 bits per heavy atom. The molecule has 0 amide bonds. The van der Waals surface area contributed by atoms with Crippen LogP contribution in [0.25, 0.3) is 22.1 Å². The van der Waals surface area contributed by atoms with Gasteiger partial charge in [-0.15, -0.1) is 0 Å². The summed E-state index contributed by atoms with van der Waals surface area (Å²) in [5, 5.41) is 15.7. The largest absolute Gasteiger partial charge is 0.480 e. The molecule has 0 saturated carbocycles. The topological polar surface area (TPSA) is 150 Å². The van der Waals surface area contributed by atoms with Gasteiger partial charge in [-0.25, -0.2) is 19.7 Å². The van der Waals surface area contributed by atoms with Crippen LogP contribution >= 0.6 is 0 Å². The van der Waals surface area contributed by atoms with E-state index < -0.39 is 29.3 Å². The van der Waals surface area contributed by atoms with Crippen LogP contribution in [0.4, 0.5) is 11.5 Å². The molecule has 4 fully saturated rings. The molecule has 4 aliphatic rings. The van der Waals surface area contributed by atoms with Gasteiger partial charge in [0.2, 0.25) is 5.88 Å². The van der Waals surface area contributed by atoms with E-state index in [2.05, 4.69) is 28.8 Å². The number of aromatic nitrogens is 5. The van der Waals surface area contributed by atoms with Crippen molar-refractivity contribution < 1.29 is 33.3 Å². The lowest BCUT2D eigenvalue weighted by Crippen LogP contribution is -2.68. The van der Waals surface area contributed by atoms with Crippen molar-refractivity contribution in [3.63, 3.8) is 0 Å². The van der Waals surface area contributed by atoms with E-state index in [-0.39, 0.29) is 19.0 Å². The number of carboxylic acids is 1. The van der Waals surface area contributed by atoms with E-state index in [9.17, 15) is 9.90 Å². The van der Waals surface area contributed by atoms with Crippen molar-refractivity contribution in [1.82, 2.24) is 24.7 Å². The molecular formula is C37H37N7O7. The fourth-order valence-electron chi connectivity index (χ4n) is 7.43. The van der Waals surface area contributed by atoms with Crippen LogP contribution in [0.3, 0.4) is 0 Å². The standard InChI is InChI=1S/C37H37N7O7/c1-22-37(20-47-21-37)49-15-13-43(22)27-16-23(8-9-24-10-12-42(3)41-24)18-38-33(27)50-25-17-28(34(45)46)44(19-25)32-31-30(26-6-4-5-7-29(26)51-31)39-35(40-32)36(2)11-14-48-36/h4-7,10,12,16,18,22,25,28H,11,13-15,17,19-21H2,1-3H3,(H,45,46)/t22-,25-,28-,36+/m0/s1. The Morgan fingerprint density at radius 1 is 1.10 bits per heavy atom. The molecule has 4 aromatic heterocycles. The Kier molecular flexibility index (Phi) is 7.43. The van der Waals surface area contributed by atoms with Crippen LogP contribution in [0.2, 0.25) is 0 Å². The summed E-state index contributed by atoms with van der Waals surface area (Å²) in [7, 11) is 1.85. The monoisotopic (exact) mass is 691 g/mol. The van der Waals surface area contributed by atoms with Crippen molar-refractivity contribution in [2.24, 2.45) is 7.05 Å². The minimum absolute atomic E-state index is 0.0362. The summed E-state index contributed by atoms with van der Waals surface area (Å²) in [6.07, 6.45) is 3.94. The van der Waals surface area contributed by atoms with Gasteiger partial charge in [0.1, 0.15) is 45.8 Å². The van der Waals surface area contributed by atoms with Gasteiger partial charge in [0.15, 0.2) is 17.2 Å². The quantitative estimate of drug-likeness (QED) is 0.259. The lowest BCUT2D eigenvalue weighted by atomic mass is 9.90. The molecule has 14 nitrogen and oxygen atoms in total. The van der Waals surface area contributed by atoms with E-state index in [4.69, 9.17) is 38.3 Å². The Hall–Kier alpha value is -5.23. The van der Waals surface area contributed by atoms with E-state index in [1.807, 2.05) is 56.6 Å². The third-order valence-corrected chi connectivity index (χ3v) is 10.6. The average molecular weight is 692 g/mol. The highest BCUT2D eigenvalue weighted by Gasteiger charge is 2.50. The number of pyridine rings is 1. The Morgan fingerprint density at radius 2 is 1.94 bits per heavy atom. The number of rotatable bonds is 6. The van der Waals surface area contributed by atoms with Gasteiger partial charge in [-0.3, -0.25) is 4.68 Å². The van der Waals surface area contributed by atoms with Crippen LogP contribution in [-0.2, 0) is 31.7 Å². The predicted octanol–water partition coefficient (Wildman–Crippen LogP) is 3.64. The maximum Gasteiger partial charge on any atom is 0.326 e. The molecule has 0 unspecified atom stereocenters. The molecule has 5 aromatic rings. The van der Waals surface area contributed by atoms with Crippen LogP contribution in [0.15, 0.2) is 53.2 Å². The first kappa shape index (κ1) is 31.7. The summed E-state index contributed by atoms with van der Waals surface area (Å²) < 4.78 is 32.4. The number of anilines is 2. The van der Waals surface area contributed by atoms with E-state index >= 15 is 0 Å². The zero-order valence-electron chi connectivity index (χ0n) is 28.5. The summed E-state index contributed by atoms with van der Waals surface area (Å²) in [5.74, 6) is 6.62. The predicted molar refractivity (Wildman–Crippen MR) is 185 cm³/mol. The number of furan rings is 1. The van der Waals surface area contributed by atoms with Gasteiger partial charge in [0, 0.05) is 49.8 Å². The molecule has 4 aliphatic heterocycles. The van der Waals surface area contributed by atoms with Crippen molar-refractivity contribution in [2.45, 2.75) is 56.1 Å². The maximum atomic E-state index is 12.9. The third-order valence-electron chi connectivity index (χ3n) is 10.6. The number of fused-ring (bicyclic) bond motifs is 3. The Balaban J connectivity index is 1.08. The number of aryl methyl sites for hydroxylation is 1. The summed E-state index contributed by atoms with van der Waals surface area (Å²) >= 11 is 0. The molecule has 0 aliphatic carbocycles. The van der Waals surface area contributed by atoms with Crippen molar-refractivity contribution in [2.75, 3.05) is 49.3 Å². The lowest BCUT2D eigenvalue weighted by molar-refractivity contribution is -0.228. The highest BCUT2D eigenvalue weighted by Crippen LogP contribution is 2.43. The van der Waals surface area contributed by atoms with E-state index in [1.165, 1.54) is 0 Å². The van der Waals surface area contributed by atoms with Crippen molar-refractivity contribution in [3.8, 4) is 17.7 Å². The van der Waals surface area contributed by atoms with Crippen molar-refractivity contribution in [3.05, 3.63) is 65.9 Å². The molecule has 0 bridgehead atoms. The number of carboxylic acid groups (broad SMARTS) is 1. The number of nitrogens with zero attached hydrogens (tertiary/aromatic N) is 7. The second kappa shape index (κ2) is 11.9. The Bertz CT molecular complexity index is 2230. The molecule has 8 heterocycles. The second-order valence-corrected chi connectivity index (χ2v) is 13.9. The zero-order chi connectivity index (χ0) is 34.9. The zero-order valence-corrected chi connectivity index (χ0v) is 28.5. The molecule has 9 rings (SSSR count). The van der Waals surface area contributed by atoms with Gasteiger partial charge in [-0.2, -0.15) is 5.10 Å². The molecule has 51 heavy (non-hydrogen) atoms. The second-order valence-electron chi connectivity index (χ2n) is 13.9. The highest BCUT2D eigenvalue weighted by atomic mass is 16.6. The van der Waals surface area contributed by atoms with E-state index in [0.717, 1.165) is 17.5 Å². The minimum Gasteiger partial charge on any atom is -0.480 e. The molecule has 4 atom stereocenters. The summed E-state index contributed by atoms with van der Waals surface area (Å²) in [4.78, 5) is 31.5. The van der Waals surface area contributed by atoms with Gasteiger partial charge >= 0.3 is 5.97 Å². The molecule has 262 valence electrons. The van der Waals surface area contributed by atoms with E-state index in [1.54, 1.807) is 15.8 Å². The van der Waals surface area contributed by atoms with Gasteiger partial charge in [0.25, 0.3) is 0 Å². The third kappa shape index (κ3) is 5.35. The van der Waals surface area contributed by atoms with Crippen LogP contribution in [0.1, 0.15) is 43.8 Å². The maximum absolute atomic E-state index is 12.9. The number of hydrogen-bond donors (Lipinski definition) is 1. The summed E-state index contributed by atoms with van der Waals surface area (Å²) in [6, 6.07) is 10.5. The van der Waals surface area contributed by atoms with Crippen LogP contribution in [0, 0.1) is 11.8 Å². The number of morpholine rings is 1. The minimum atomic E-state index is -0.987. The molecule has 1 N–H and O–H groups in total. The normalized spacial score (nSPS) is 25.4. The first-order chi connectivity index (χ1) is 24.7. The summed E-state index contributed by atoms with van der Waals surface area (Å²) in [5.41, 5.74) is 2.71. The molecule has 1 spiro atoms. The Labute approximate surface area is 293 Å². The fraction of sp³-hybridized carbons (Fsp3) is 0.432. The van der Waals surface area contributed by atoms with E-state index in [0.29, 0.717) is 78.4 Å². The van der Waals surface area contributed by atoms with Crippen LogP contribution in [0.5, 0.6) is 5.88 Å². The average Bonchev–Trinajstić information content (AvgIpc) is 3.82. The van der Waals surface area contributed by atoms with Gasteiger partial charge in [-0.1, -0.05) is 18.1 Å². The highest BCUT2D eigenvalue weighted by molar-refractivity contribution is 6.06. The number of ether oxygens (including phenoxy) is 4. The molecule has 0 radical (unpaired) electrons. The molecular weight excluding hydrogens is 654 g/mol. The number of hydrogen-bond acceptors (Lipinski definition) is 12. The SMILES string of the molecule is C[C@@H]1N(c2cc(C#Cc3ccn(C)n3)cnc2O[C@H]2C[C@@H](C(=O)O)N(c3nc([C@@]4(C)CCO4)nc4c3oc3ccccc34)C2)CCOC12COC2.